The maximum absolute atomic E-state index is 12.6. The Balaban J connectivity index is 1.62. The second-order valence-electron chi connectivity index (χ2n) is 6.32. The third-order valence-electron chi connectivity index (χ3n) is 4.35. The zero-order chi connectivity index (χ0) is 17.4. The summed E-state index contributed by atoms with van der Waals surface area (Å²) >= 11 is 0. The van der Waals surface area contributed by atoms with Crippen LogP contribution in [-0.2, 0) is 11.2 Å². The van der Waals surface area contributed by atoms with Gasteiger partial charge in [0, 0.05) is 22.5 Å². The van der Waals surface area contributed by atoms with Crippen LogP contribution in [0.1, 0.15) is 16.7 Å². The first-order valence-electron chi connectivity index (χ1n) is 8.23. The molecule has 2 heterocycles. The number of benzene rings is 2. The summed E-state index contributed by atoms with van der Waals surface area (Å²) in [6.45, 7) is 4.08. The molecule has 0 saturated heterocycles. The summed E-state index contributed by atoms with van der Waals surface area (Å²) in [5, 5.41) is 5.00. The van der Waals surface area contributed by atoms with Crippen molar-refractivity contribution in [2.75, 3.05) is 5.32 Å². The van der Waals surface area contributed by atoms with Crippen LogP contribution in [0.25, 0.3) is 21.9 Å². The summed E-state index contributed by atoms with van der Waals surface area (Å²) in [7, 11) is 0. The summed E-state index contributed by atoms with van der Waals surface area (Å²) in [4.78, 5) is 16.9. The Bertz CT molecular complexity index is 1090. The van der Waals surface area contributed by atoms with Crippen LogP contribution in [0.5, 0.6) is 0 Å². The lowest BCUT2D eigenvalue weighted by Gasteiger charge is -2.08. The number of nitrogens with zero attached hydrogens (tertiary/aromatic N) is 1. The lowest BCUT2D eigenvalue weighted by molar-refractivity contribution is -0.115. The molecular formula is C21H18N2O2. The molecule has 4 aromatic rings. The number of nitrogens with one attached hydrogen (secondary N) is 1. The third-order valence-corrected chi connectivity index (χ3v) is 4.35. The molecule has 2 aromatic carbocycles. The number of rotatable bonds is 3. The molecule has 2 aromatic heterocycles. The van der Waals surface area contributed by atoms with Crippen LogP contribution in [0, 0.1) is 13.8 Å². The monoisotopic (exact) mass is 330 g/mol. The summed E-state index contributed by atoms with van der Waals surface area (Å²) < 4.78 is 5.64. The van der Waals surface area contributed by atoms with Gasteiger partial charge in [0.05, 0.1) is 23.9 Å². The van der Waals surface area contributed by atoms with Gasteiger partial charge in [0.25, 0.3) is 0 Å². The summed E-state index contributed by atoms with van der Waals surface area (Å²) in [6, 6.07) is 13.7. The zero-order valence-corrected chi connectivity index (χ0v) is 14.2. The van der Waals surface area contributed by atoms with Gasteiger partial charge in [0.1, 0.15) is 5.58 Å². The molecule has 0 aliphatic heterocycles. The summed E-state index contributed by atoms with van der Waals surface area (Å²) in [5.41, 5.74) is 5.52. The van der Waals surface area contributed by atoms with Crippen LogP contribution in [0.15, 0.2) is 59.3 Å². The van der Waals surface area contributed by atoms with Crippen LogP contribution in [0.3, 0.4) is 0 Å². The predicted molar refractivity (Wildman–Crippen MR) is 99.8 cm³/mol. The number of pyridine rings is 1. The van der Waals surface area contributed by atoms with E-state index in [-0.39, 0.29) is 12.3 Å². The van der Waals surface area contributed by atoms with E-state index < -0.39 is 0 Å². The van der Waals surface area contributed by atoms with E-state index in [4.69, 9.17) is 4.42 Å². The molecule has 4 nitrogen and oxygen atoms in total. The van der Waals surface area contributed by atoms with E-state index >= 15 is 0 Å². The van der Waals surface area contributed by atoms with Crippen molar-refractivity contribution in [1.82, 2.24) is 4.98 Å². The molecule has 0 unspecified atom stereocenters. The van der Waals surface area contributed by atoms with Gasteiger partial charge in [-0.15, -0.1) is 0 Å². The second-order valence-corrected chi connectivity index (χ2v) is 6.32. The molecule has 1 N–H and O–H groups in total. The van der Waals surface area contributed by atoms with Crippen molar-refractivity contribution in [1.29, 1.82) is 0 Å². The molecule has 0 spiro atoms. The fourth-order valence-corrected chi connectivity index (χ4v) is 3.33. The topological polar surface area (TPSA) is 55.1 Å². The van der Waals surface area contributed by atoms with Crippen molar-refractivity contribution < 1.29 is 9.21 Å². The standard InChI is InChI=1S/C21H18N2O2/c1-13-9-14(2)20-16(12-25-18(20)10-13)11-19(24)23-17-7-3-5-15-6-4-8-22-21(15)17/h3-10,12H,11H2,1-2H3,(H,23,24). The fraction of sp³-hybridized carbons (Fsp3) is 0.143. The minimum absolute atomic E-state index is 0.0826. The molecule has 25 heavy (non-hydrogen) atoms. The molecule has 0 saturated carbocycles. The molecule has 4 heteroatoms. The van der Waals surface area contributed by atoms with E-state index in [1.165, 1.54) is 0 Å². The highest BCUT2D eigenvalue weighted by atomic mass is 16.3. The summed E-state index contributed by atoms with van der Waals surface area (Å²) in [6.07, 6.45) is 3.67. The van der Waals surface area contributed by atoms with E-state index in [1.807, 2.05) is 50.2 Å². The quantitative estimate of drug-likeness (QED) is 0.588. The van der Waals surface area contributed by atoms with Crippen LogP contribution >= 0.6 is 0 Å². The van der Waals surface area contributed by atoms with Crippen molar-refractivity contribution in [3.63, 3.8) is 0 Å². The van der Waals surface area contributed by atoms with Gasteiger partial charge < -0.3 is 9.73 Å². The minimum atomic E-state index is -0.0826. The van der Waals surface area contributed by atoms with Gasteiger partial charge in [-0.2, -0.15) is 0 Å². The van der Waals surface area contributed by atoms with Gasteiger partial charge in [-0.1, -0.05) is 24.3 Å². The Morgan fingerprint density at radius 2 is 2.00 bits per heavy atom. The highest BCUT2D eigenvalue weighted by Gasteiger charge is 2.14. The number of aryl methyl sites for hydroxylation is 2. The smallest absolute Gasteiger partial charge is 0.228 e. The van der Waals surface area contributed by atoms with Crippen molar-refractivity contribution in [3.05, 3.63) is 71.6 Å². The average molecular weight is 330 g/mol. The van der Waals surface area contributed by atoms with E-state index in [0.29, 0.717) is 0 Å². The molecule has 4 rings (SSSR count). The van der Waals surface area contributed by atoms with Gasteiger partial charge in [0.15, 0.2) is 0 Å². The Hall–Kier alpha value is -3.14. The number of carbonyl (C=O) groups excluding carboxylic acids is 1. The molecule has 0 fully saturated rings. The van der Waals surface area contributed by atoms with Crippen LogP contribution in [0.2, 0.25) is 0 Å². The van der Waals surface area contributed by atoms with Crippen molar-refractivity contribution in [2.45, 2.75) is 20.3 Å². The first-order chi connectivity index (χ1) is 12.1. The number of anilines is 1. The molecule has 1 amide bonds. The second kappa shape index (κ2) is 6.06. The highest BCUT2D eigenvalue weighted by Crippen LogP contribution is 2.27. The molecule has 0 atom stereocenters. The minimum Gasteiger partial charge on any atom is -0.464 e. The number of fused-ring (bicyclic) bond motifs is 2. The fourth-order valence-electron chi connectivity index (χ4n) is 3.33. The van der Waals surface area contributed by atoms with E-state index in [9.17, 15) is 4.79 Å². The van der Waals surface area contributed by atoms with Gasteiger partial charge in [-0.05, 0) is 43.2 Å². The normalized spacial score (nSPS) is 11.1. The van der Waals surface area contributed by atoms with Crippen molar-refractivity contribution >= 4 is 33.5 Å². The maximum atomic E-state index is 12.6. The first-order valence-corrected chi connectivity index (χ1v) is 8.23. The number of hydrogen-bond donors (Lipinski definition) is 1. The molecule has 0 bridgehead atoms. The Morgan fingerprint density at radius 1 is 1.16 bits per heavy atom. The molecule has 0 radical (unpaired) electrons. The molecular weight excluding hydrogens is 312 g/mol. The van der Waals surface area contributed by atoms with Crippen LogP contribution in [0.4, 0.5) is 5.69 Å². The predicted octanol–water partition coefficient (Wildman–Crippen LogP) is 4.78. The van der Waals surface area contributed by atoms with Gasteiger partial charge in [-0.3, -0.25) is 9.78 Å². The number of carbonyl (C=O) groups is 1. The number of amides is 1. The van der Waals surface area contributed by atoms with Gasteiger partial charge in [0.2, 0.25) is 5.91 Å². The summed E-state index contributed by atoms with van der Waals surface area (Å²) in [5.74, 6) is -0.0826. The lowest BCUT2D eigenvalue weighted by Crippen LogP contribution is -2.14. The number of para-hydroxylation sites is 1. The third kappa shape index (κ3) is 2.87. The number of hydrogen-bond acceptors (Lipinski definition) is 3. The molecule has 124 valence electrons. The van der Waals surface area contributed by atoms with Gasteiger partial charge >= 0.3 is 0 Å². The van der Waals surface area contributed by atoms with Crippen LogP contribution in [-0.4, -0.2) is 10.9 Å². The van der Waals surface area contributed by atoms with Crippen molar-refractivity contribution in [3.8, 4) is 0 Å². The average Bonchev–Trinajstić information content (AvgIpc) is 2.98. The van der Waals surface area contributed by atoms with E-state index in [1.54, 1.807) is 12.5 Å². The van der Waals surface area contributed by atoms with Gasteiger partial charge in [-0.25, -0.2) is 0 Å². The number of furan rings is 1. The van der Waals surface area contributed by atoms with Crippen LogP contribution < -0.4 is 5.32 Å². The molecule has 0 aliphatic rings. The lowest BCUT2D eigenvalue weighted by atomic mass is 10.0. The number of aromatic nitrogens is 1. The SMILES string of the molecule is Cc1cc(C)c2c(CC(=O)Nc3cccc4cccnc34)coc2c1. The Morgan fingerprint density at radius 3 is 2.88 bits per heavy atom. The Labute approximate surface area is 145 Å². The van der Waals surface area contributed by atoms with E-state index in [2.05, 4.69) is 16.4 Å². The van der Waals surface area contributed by atoms with Crippen molar-refractivity contribution in [2.24, 2.45) is 0 Å². The molecule has 0 aliphatic carbocycles. The highest BCUT2D eigenvalue weighted by molar-refractivity contribution is 6.02. The zero-order valence-electron chi connectivity index (χ0n) is 14.2. The van der Waals surface area contributed by atoms with E-state index in [0.717, 1.165) is 44.2 Å². The largest absolute Gasteiger partial charge is 0.464 e. The Kier molecular flexibility index (Phi) is 3.73. The first kappa shape index (κ1) is 15.4. The maximum Gasteiger partial charge on any atom is 0.228 e.